The lowest BCUT2D eigenvalue weighted by Crippen LogP contribution is -2.63. The van der Waals surface area contributed by atoms with E-state index in [-0.39, 0.29) is 18.2 Å². The maximum atomic E-state index is 9.40. The van der Waals surface area contributed by atoms with Crippen LogP contribution in [0.3, 0.4) is 0 Å². The summed E-state index contributed by atoms with van der Waals surface area (Å²) in [6, 6.07) is 6.50. The number of hydrogen-bond acceptors (Lipinski definition) is 3. The van der Waals surface area contributed by atoms with Gasteiger partial charge < -0.3 is 15.3 Å². The second-order valence-electron chi connectivity index (χ2n) is 5.72. The van der Waals surface area contributed by atoms with E-state index in [4.69, 9.17) is 0 Å². The van der Waals surface area contributed by atoms with Gasteiger partial charge in [-0.25, -0.2) is 0 Å². The molecule has 0 spiro atoms. The van der Waals surface area contributed by atoms with Gasteiger partial charge in [0.05, 0.1) is 6.61 Å². The van der Waals surface area contributed by atoms with E-state index < -0.39 is 0 Å². The normalized spacial score (nSPS) is 23.2. The van der Waals surface area contributed by atoms with Gasteiger partial charge in [-0.05, 0) is 44.5 Å². The van der Waals surface area contributed by atoms with Gasteiger partial charge in [0.1, 0.15) is 0 Å². The van der Waals surface area contributed by atoms with Crippen LogP contribution in [0.25, 0.3) is 0 Å². The summed E-state index contributed by atoms with van der Waals surface area (Å²) < 4.78 is 1.11. The number of nitrogens with zero attached hydrogens (tertiary/aromatic N) is 1. The van der Waals surface area contributed by atoms with Crippen LogP contribution in [0.2, 0.25) is 0 Å². The van der Waals surface area contributed by atoms with Gasteiger partial charge in [0.15, 0.2) is 0 Å². The van der Waals surface area contributed by atoms with E-state index in [1.54, 1.807) is 0 Å². The van der Waals surface area contributed by atoms with E-state index in [9.17, 15) is 5.11 Å². The SMILES string of the molecule is Cc1cc(Br)ccc1N1CC(CO)NC(C)(C)C1. The van der Waals surface area contributed by atoms with E-state index in [0.29, 0.717) is 0 Å². The van der Waals surface area contributed by atoms with E-state index in [0.717, 1.165) is 17.6 Å². The average molecular weight is 313 g/mol. The number of aliphatic hydroxyl groups is 1. The van der Waals surface area contributed by atoms with Crippen molar-refractivity contribution in [2.45, 2.75) is 32.4 Å². The third-order valence-corrected chi connectivity index (χ3v) is 3.83. The first kappa shape index (κ1) is 13.8. The number of anilines is 1. The minimum atomic E-state index is 0.0190. The molecule has 3 nitrogen and oxygen atoms in total. The average Bonchev–Trinajstić information content (AvgIpc) is 2.26. The maximum absolute atomic E-state index is 9.40. The molecule has 1 saturated heterocycles. The molecular formula is C14H21BrN2O. The Morgan fingerprint density at radius 2 is 2.22 bits per heavy atom. The van der Waals surface area contributed by atoms with Gasteiger partial charge in [0, 0.05) is 34.8 Å². The molecule has 1 unspecified atom stereocenters. The summed E-state index contributed by atoms with van der Waals surface area (Å²) in [6.45, 7) is 8.46. The van der Waals surface area contributed by atoms with Crippen molar-refractivity contribution in [1.29, 1.82) is 0 Å². The van der Waals surface area contributed by atoms with Crippen LogP contribution >= 0.6 is 15.9 Å². The Bertz CT molecular complexity index is 434. The second kappa shape index (κ2) is 5.19. The first-order chi connectivity index (χ1) is 8.41. The monoisotopic (exact) mass is 312 g/mol. The van der Waals surface area contributed by atoms with Crippen LogP contribution < -0.4 is 10.2 Å². The van der Waals surface area contributed by atoms with Gasteiger partial charge in [-0.1, -0.05) is 15.9 Å². The molecule has 0 aromatic heterocycles. The van der Waals surface area contributed by atoms with E-state index in [1.807, 2.05) is 0 Å². The number of piperazine rings is 1. The van der Waals surface area contributed by atoms with Gasteiger partial charge in [0.25, 0.3) is 0 Å². The summed E-state index contributed by atoms with van der Waals surface area (Å²) >= 11 is 3.50. The Balaban J connectivity index is 2.26. The molecule has 100 valence electrons. The van der Waals surface area contributed by atoms with Crippen LogP contribution in [0.1, 0.15) is 19.4 Å². The molecule has 1 atom stereocenters. The fourth-order valence-electron chi connectivity index (χ4n) is 2.71. The Hall–Kier alpha value is -0.580. The predicted octanol–water partition coefficient (Wildman–Crippen LogP) is 2.31. The van der Waals surface area contributed by atoms with Crippen LogP contribution in [-0.2, 0) is 0 Å². The first-order valence-electron chi connectivity index (χ1n) is 6.31. The number of nitrogens with one attached hydrogen (secondary N) is 1. The lowest BCUT2D eigenvalue weighted by atomic mass is 9.97. The molecule has 4 heteroatoms. The number of hydrogen-bond donors (Lipinski definition) is 2. The lowest BCUT2D eigenvalue weighted by molar-refractivity contribution is 0.191. The molecular weight excluding hydrogens is 292 g/mol. The number of halogens is 1. The summed E-state index contributed by atoms with van der Waals surface area (Å²) in [5.74, 6) is 0. The van der Waals surface area contributed by atoms with E-state index in [1.165, 1.54) is 11.3 Å². The maximum Gasteiger partial charge on any atom is 0.0602 e. The zero-order valence-corrected chi connectivity index (χ0v) is 12.8. The van der Waals surface area contributed by atoms with Gasteiger partial charge >= 0.3 is 0 Å². The number of rotatable bonds is 2. The molecule has 18 heavy (non-hydrogen) atoms. The minimum Gasteiger partial charge on any atom is -0.395 e. The smallest absolute Gasteiger partial charge is 0.0602 e. The van der Waals surface area contributed by atoms with Gasteiger partial charge in [-0.3, -0.25) is 0 Å². The highest BCUT2D eigenvalue weighted by Crippen LogP contribution is 2.27. The predicted molar refractivity (Wildman–Crippen MR) is 79.2 cm³/mol. The summed E-state index contributed by atoms with van der Waals surface area (Å²) in [4.78, 5) is 2.36. The Morgan fingerprint density at radius 3 is 2.83 bits per heavy atom. The molecule has 0 radical (unpaired) electrons. The second-order valence-corrected chi connectivity index (χ2v) is 6.63. The molecule has 1 heterocycles. The van der Waals surface area contributed by atoms with Crippen LogP contribution in [0.5, 0.6) is 0 Å². The number of aliphatic hydroxyl groups excluding tert-OH is 1. The summed E-state index contributed by atoms with van der Waals surface area (Å²) in [5.41, 5.74) is 2.54. The van der Waals surface area contributed by atoms with Crippen LogP contribution in [0.4, 0.5) is 5.69 Å². The Labute approximate surface area is 117 Å². The Morgan fingerprint density at radius 1 is 1.50 bits per heavy atom. The zero-order chi connectivity index (χ0) is 13.3. The highest BCUT2D eigenvalue weighted by Gasteiger charge is 2.31. The van der Waals surface area contributed by atoms with Crippen molar-refractivity contribution in [1.82, 2.24) is 5.32 Å². The highest BCUT2D eigenvalue weighted by atomic mass is 79.9. The fourth-order valence-corrected chi connectivity index (χ4v) is 3.19. The molecule has 0 bridgehead atoms. The fraction of sp³-hybridized carbons (Fsp3) is 0.571. The van der Waals surface area contributed by atoms with Crippen molar-refractivity contribution in [2.75, 3.05) is 24.6 Å². The van der Waals surface area contributed by atoms with Gasteiger partial charge in [-0.15, -0.1) is 0 Å². The molecule has 1 aromatic rings. The summed E-state index contributed by atoms with van der Waals surface area (Å²) in [5, 5.41) is 12.9. The summed E-state index contributed by atoms with van der Waals surface area (Å²) in [7, 11) is 0. The molecule has 1 aliphatic rings. The van der Waals surface area contributed by atoms with Crippen molar-refractivity contribution in [3.05, 3.63) is 28.2 Å². The van der Waals surface area contributed by atoms with Crippen LogP contribution in [0, 0.1) is 6.92 Å². The topological polar surface area (TPSA) is 35.5 Å². The highest BCUT2D eigenvalue weighted by molar-refractivity contribution is 9.10. The van der Waals surface area contributed by atoms with E-state index >= 15 is 0 Å². The quantitative estimate of drug-likeness (QED) is 0.879. The van der Waals surface area contributed by atoms with Gasteiger partial charge in [0.2, 0.25) is 0 Å². The molecule has 1 fully saturated rings. The molecule has 1 aromatic carbocycles. The minimum absolute atomic E-state index is 0.0190. The summed E-state index contributed by atoms with van der Waals surface area (Å²) in [6.07, 6.45) is 0. The molecule has 2 N–H and O–H groups in total. The Kier molecular flexibility index (Phi) is 3.99. The first-order valence-corrected chi connectivity index (χ1v) is 7.10. The van der Waals surface area contributed by atoms with Crippen molar-refractivity contribution in [3.8, 4) is 0 Å². The van der Waals surface area contributed by atoms with Crippen LogP contribution in [0.15, 0.2) is 22.7 Å². The van der Waals surface area contributed by atoms with Crippen LogP contribution in [-0.4, -0.2) is 36.4 Å². The number of aryl methyl sites for hydroxylation is 1. The molecule has 0 aliphatic carbocycles. The number of benzene rings is 1. The molecule has 1 aliphatic heterocycles. The zero-order valence-electron chi connectivity index (χ0n) is 11.2. The third-order valence-electron chi connectivity index (χ3n) is 3.34. The largest absolute Gasteiger partial charge is 0.395 e. The molecule has 0 saturated carbocycles. The van der Waals surface area contributed by atoms with Crippen molar-refractivity contribution < 1.29 is 5.11 Å². The lowest BCUT2D eigenvalue weighted by Gasteiger charge is -2.44. The standard InChI is InChI=1S/C14H21BrN2O/c1-10-6-11(15)4-5-13(10)17-7-12(8-18)16-14(2,3)9-17/h4-6,12,16,18H,7-9H2,1-3H3. The van der Waals surface area contributed by atoms with Crippen molar-refractivity contribution >= 4 is 21.6 Å². The molecule has 2 rings (SSSR count). The van der Waals surface area contributed by atoms with E-state index in [2.05, 4.69) is 65.1 Å². The third kappa shape index (κ3) is 3.05. The van der Waals surface area contributed by atoms with Crippen molar-refractivity contribution in [3.63, 3.8) is 0 Å². The molecule has 0 amide bonds. The van der Waals surface area contributed by atoms with Crippen molar-refractivity contribution in [2.24, 2.45) is 0 Å². The van der Waals surface area contributed by atoms with Gasteiger partial charge in [-0.2, -0.15) is 0 Å².